The molecule has 1 spiro atoms. The van der Waals surface area contributed by atoms with Crippen molar-refractivity contribution in [2.45, 2.75) is 25.3 Å². The normalized spacial score (nSPS) is 28.6. The predicted octanol–water partition coefficient (Wildman–Crippen LogP) is 0.0205. The Morgan fingerprint density at radius 2 is 2.05 bits per heavy atom. The third kappa shape index (κ3) is 3.06. The minimum absolute atomic E-state index is 0.00936. The lowest BCUT2D eigenvalue weighted by Crippen LogP contribution is -2.51. The van der Waals surface area contributed by atoms with Gasteiger partial charge in [0.05, 0.1) is 11.8 Å². The maximum absolute atomic E-state index is 12.3. The zero-order valence-electron chi connectivity index (χ0n) is 11.8. The smallest absolute Gasteiger partial charge is 0.257 e. The number of hydrogen-bond donors (Lipinski definition) is 1. The summed E-state index contributed by atoms with van der Waals surface area (Å²) in [5.74, 6) is -0.0491. The van der Waals surface area contributed by atoms with Gasteiger partial charge in [-0.2, -0.15) is 0 Å². The second-order valence-electron chi connectivity index (χ2n) is 6.10. The maximum Gasteiger partial charge on any atom is 0.257 e. The molecule has 3 rings (SSSR count). The number of nitrogens with one attached hydrogen (secondary N) is 1. The summed E-state index contributed by atoms with van der Waals surface area (Å²) < 4.78 is 25.0. The highest BCUT2D eigenvalue weighted by molar-refractivity contribution is 7.88. The molecule has 0 atom stereocenters. The molecule has 1 N–H and O–H groups in total. The molecule has 114 valence electrons. The monoisotopic (exact) mass is 310 g/mol. The molecule has 0 bridgehead atoms. The van der Waals surface area contributed by atoms with E-state index in [4.69, 9.17) is 0 Å². The van der Waals surface area contributed by atoms with Crippen molar-refractivity contribution in [3.63, 3.8) is 0 Å². The van der Waals surface area contributed by atoms with Crippen molar-refractivity contribution in [2.75, 3.05) is 19.3 Å². The van der Waals surface area contributed by atoms with Gasteiger partial charge in [0.15, 0.2) is 0 Å². The highest BCUT2D eigenvalue weighted by Crippen LogP contribution is 2.48. The van der Waals surface area contributed by atoms with Crippen LogP contribution in [0.15, 0.2) is 18.7 Å². The molecular formula is C13H18N4O3S. The Balaban J connectivity index is 1.59. The molecule has 7 nitrogen and oxygen atoms in total. The number of hydrogen-bond acceptors (Lipinski definition) is 5. The fourth-order valence-electron chi connectivity index (χ4n) is 3.41. The molecule has 8 heteroatoms. The lowest BCUT2D eigenvalue weighted by molar-refractivity contribution is 0.0687. The van der Waals surface area contributed by atoms with Gasteiger partial charge in [-0.3, -0.25) is 4.79 Å². The Hall–Kier alpha value is -1.54. The van der Waals surface area contributed by atoms with E-state index in [0.717, 1.165) is 19.3 Å². The summed E-state index contributed by atoms with van der Waals surface area (Å²) in [5, 5.41) is 0. The molecule has 1 saturated heterocycles. The molecule has 0 aromatic carbocycles. The van der Waals surface area contributed by atoms with Crippen LogP contribution in [0.5, 0.6) is 0 Å². The van der Waals surface area contributed by atoms with Crippen molar-refractivity contribution in [2.24, 2.45) is 5.41 Å². The summed E-state index contributed by atoms with van der Waals surface area (Å²) in [4.78, 5) is 21.9. The van der Waals surface area contributed by atoms with Crippen molar-refractivity contribution in [1.29, 1.82) is 0 Å². The maximum atomic E-state index is 12.3. The number of nitrogens with zero attached hydrogens (tertiary/aromatic N) is 3. The first-order valence-corrected chi connectivity index (χ1v) is 8.78. The first-order valence-electron chi connectivity index (χ1n) is 6.89. The number of likely N-dealkylation sites (tertiary alicyclic amines) is 1. The van der Waals surface area contributed by atoms with E-state index in [-0.39, 0.29) is 17.4 Å². The van der Waals surface area contributed by atoms with Gasteiger partial charge in [0.2, 0.25) is 10.0 Å². The Morgan fingerprint density at radius 3 is 2.67 bits per heavy atom. The third-order valence-corrected chi connectivity index (χ3v) is 5.03. The highest BCUT2D eigenvalue weighted by atomic mass is 32.2. The molecule has 1 aliphatic carbocycles. The van der Waals surface area contributed by atoms with Gasteiger partial charge in [-0.1, -0.05) is 0 Å². The topological polar surface area (TPSA) is 92.3 Å². The third-order valence-electron chi connectivity index (χ3n) is 4.27. The predicted molar refractivity (Wildman–Crippen MR) is 76.0 cm³/mol. The second-order valence-corrected chi connectivity index (χ2v) is 7.88. The fourth-order valence-corrected chi connectivity index (χ4v) is 4.18. The molecular weight excluding hydrogens is 292 g/mol. The van der Waals surface area contributed by atoms with Crippen LogP contribution in [0.25, 0.3) is 0 Å². The lowest BCUT2D eigenvalue weighted by atomic mass is 9.65. The van der Waals surface area contributed by atoms with Crippen molar-refractivity contribution in [3.8, 4) is 0 Å². The quantitative estimate of drug-likeness (QED) is 0.850. The van der Waals surface area contributed by atoms with Gasteiger partial charge in [0, 0.05) is 31.5 Å². The van der Waals surface area contributed by atoms with Gasteiger partial charge in [-0.15, -0.1) is 0 Å². The lowest BCUT2D eigenvalue weighted by Gasteiger charge is -2.45. The van der Waals surface area contributed by atoms with E-state index in [0.29, 0.717) is 18.7 Å². The summed E-state index contributed by atoms with van der Waals surface area (Å²) in [6, 6.07) is 0.00936. The van der Waals surface area contributed by atoms with Crippen LogP contribution >= 0.6 is 0 Å². The van der Waals surface area contributed by atoms with Crippen LogP contribution in [0.4, 0.5) is 0 Å². The molecule has 1 aromatic rings. The molecule has 1 saturated carbocycles. The largest absolute Gasteiger partial charge is 0.338 e. The second kappa shape index (κ2) is 5.03. The molecule has 1 aliphatic heterocycles. The SMILES string of the molecule is CS(=O)(=O)NC1CC2(CCN(C(=O)c3cncnc3)C2)C1. The number of sulfonamides is 1. The van der Waals surface area contributed by atoms with E-state index in [1.165, 1.54) is 25.0 Å². The van der Waals surface area contributed by atoms with Crippen molar-refractivity contribution >= 4 is 15.9 Å². The van der Waals surface area contributed by atoms with Gasteiger partial charge in [-0.25, -0.2) is 23.1 Å². The zero-order chi connectivity index (χ0) is 15.1. The average Bonchev–Trinajstić information content (AvgIpc) is 2.82. The standard InChI is InChI=1S/C13H18N4O3S/c1-21(19,20)16-11-4-13(5-11)2-3-17(8-13)12(18)10-6-14-9-15-7-10/h6-7,9,11,16H,2-5,8H2,1H3. The Morgan fingerprint density at radius 1 is 1.38 bits per heavy atom. The van der Waals surface area contributed by atoms with E-state index in [2.05, 4.69) is 14.7 Å². The molecule has 2 fully saturated rings. The van der Waals surface area contributed by atoms with Gasteiger partial charge < -0.3 is 4.90 Å². The number of aromatic nitrogens is 2. The van der Waals surface area contributed by atoms with Gasteiger partial charge >= 0.3 is 0 Å². The van der Waals surface area contributed by atoms with E-state index >= 15 is 0 Å². The minimum atomic E-state index is -3.15. The molecule has 1 aromatic heterocycles. The summed E-state index contributed by atoms with van der Waals surface area (Å²) in [6.07, 6.45) is 8.15. The van der Waals surface area contributed by atoms with Gasteiger partial charge in [0.25, 0.3) is 5.91 Å². The van der Waals surface area contributed by atoms with Crippen LogP contribution in [0.3, 0.4) is 0 Å². The average molecular weight is 310 g/mol. The summed E-state index contributed by atoms with van der Waals surface area (Å²) in [5.41, 5.74) is 0.577. The number of carbonyl (C=O) groups excluding carboxylic acids is 1. The van der Waals surface area contributed by atoms with Crippen LogP contribution in [0, 0.1) is 5.41 Å². The fraction of sp³-hybridized carbons (Fsp3) is 0.615. The van der Waals surface area contributed by atoms with E-state index < -0.39 is 10.0 Å². The number of rotatable bonds is 3. The van der Waals surface area contributed by atoms with Crippen molar-refractivity contribution in [3.05, 3.63) is 24.3 Å². The number of carbonyl (C=O) groups is 1. The van der Waals surface area contributed by atoms with Crippen LogP contribution in [-0.4, -0.2) is 54.6 Å². The molecule has 0 radical (unpaired) electrons. The van der Waals surface area contributed by atoms with Gasteiger partial charge in [-0.05, 0) is 24.7 Å². The van der Waals surface area contributed by atoms with Crippen LogP contribution in [-0.2, 0) is 10.0 Å². The Labute approximate surface area is 123 Å². The highest BCUT2D eigenvalue weighted by Gasteiger charge is 2.50. The summed E-state index contributed by atoms with van der Waals surface area (Å²) >= 11 is 0. The van der Waals surface area contributed by atoms with E-state index in [1.54, 1.807) is 0 Å². The Kier molecular flexibility index (Phi) is 3.45. The van der Waals surface area contributed by atoms with Gasteiger partial charge in [0.1, 0.15) is 6.33 Å². The molecule has 21 heavy (non-hydrogen) atoms. The van der Waals surface area contributed by atoms with E-state index in [9.17, 15) is 13.2 Å². The summed E-state index contributed by atoms with van der Waals surface area (Å²) in [6.45, 7) is 1.39. The van der Waals surface area contributed by atoms with Crippen molar-refractivity contribution in [1.82, 2.24) is 19.6 Å². The van der Waals surface area contributed by atoms with E-state index in [1.807, 2.05) is 4.90 Å². The first-order chi connectivity index (χ1) is 9.87. The van der Waals surface area contributed by atoms with Crippen molar-refractivity contribution < 1.29 is 13.2 Å². The van der Waals surface area contributed by atoms with Crippen LogP contribution < -0.4 is 4.72 Å². The molecule has 1 amide bonds. The number of amides is 1. The molecule has 0 unspecified atom stereocenters. The minimum Gasteiger partial charge on any atom is -0.338 e. The summed E-state index contributed by atoms with van der Waals surface area (Å²) in [7, 11) is -3.15. The molecule has 2 heterocycles. The molecule has 2 aliphatic rings. The van der Waals surface area contributed by atoms with Crippen LogP contribution in [0.1, 0.15) is 29.6 Å². The first kappa shape index (κ1) is 14.4. The zero-order valence-corrected chi connectivity index (χ0v) is 12.6. The van der Waals surface area contributed by atoms with Crippen LogP contribution in [0.2, 0.25) is 0 Å². The Bertz CT molecular complexity index is 641.